The van der Waals surface area contributed by atoms with Crippen molar-refractivity contribution in [3.63, 3.8) is 0 Å². The first kappa shape index (κ1) is 22.5. The molecule has 0 aliphatic carbocycles. The first-order valence-electron chi connectivity index (χ1n) is 9.45. The smallest absolute Gasteiger partial charge is 0.410 e. The molecule has 1 aromatic rings. The molecule has 3 amide bonds. The van der Waals surface area contributed by atoms with Gasteiger partial charge in [-0.1, -0.05) is 30.3 Å². The van der Waals surface area contributed by atoms with Crippen molar-refractivity contribution >= 4 is 18.1 Å². The third kappa shape index (κ3) is 6.08. The van der Waals surface area contributed by atoms with Crippen LogP contribution in [0.1, 0.15) is 32.4 Å². The lowest BCUT2D eigenvalue weighted by molar-refractivity contribution is -0.137. The number of nitrogens with one attached hydrogen (secondary N) is 1. The van der Waals surface area contributed by atoms with E-state index in [1.165, 1.54) is 12.0 Å². The van der Waals surface area contributed by atoms with Gasteiger partial charge in [0.15, 0.2) is 0 Å². The second kappa shape index (κ2) is 9.60. The van der Waals surface area contributed by atoms with E-state index in [0.717, 1.165) is 5.56 Å². The molecular weight excluding hydrogens is 378 g/mol. The normalized spacial score (nSPS) is 18.0. The number of methoxy groups -OCH3 is 1. The van der Waals surface area contributed by atoms with Crippen LogP contribution in [0.2, 0.25) is 0 Å². The molecule has 29 heavy (non-hydrogen) atoms. The van der Waals surface area contributed by atoms with Gasteiger partial charge in [-0.15, -0.1) is 0 Å². The van der Waals surface area contributed by atoms with Crippen LogP contribution in [0, 0.1) is 0 Å². The number of alkyl carbamates (subject to hydrolysis) is 1. The predicted octanol–water partition coefficient (Wildman–Crippen LogP) is 1.52. The number of ether oxygens (including phenoxy) is 2. The summed E-state index contributed by atoms with van der Waals surface area (Å²) in [6, 6.07) is 7.78. The highest BCUT2D eigenvalue weighted by atomic mass is 16.6. The van der Waals surface area contributed by atoms with Crippen LogP contribution in [0.5, 0.6) is 0 Å². The SMILES string of the molecule is COC(=O)N1CCN(C(=O)[C@H](CO)NC(=O)OC(C)(C)C)CC1c1ccccc1. The third-order valence-electron chi connectivity index (χ3n) is 4.46. The molecule has 1 unspecified atom stereocenters. The van der Waals surface area contributed by atoms with Gasteiger partial charge in [0.1, 0.15) is 11.6 Å². The molecule has 1 aliphatic rings. The summed E-state index contributed by atoms with van der Waals surface area (Å²) in [6.45, 7) is 5.29. The number of hydrogen-bond donors (Lipinski definition) is 2. The van der Waals surface area contributed by atoms with Crippen molar-refractivity contribution in [3.05, 3.63) is 35.9 Å². The van der Waals surface area contributed by atoms with Gasteiger partial charge in [-0.05, 0) is 26.3 Å². The predicted molar refractivity (Wildman–Crippen MR) is 105 cm³/mol. The van der Waals surface area contributed by atoms with Crippen LogP contribution < -0.4 is 5.32 Å². The average molecular weight is 407 g/mol. The minimum Gasteiger partial charge on any atom is -0.453 e. The van der Waals surface area contributed by atoms with Crippen LogP contribution in [0.25, 0.3) is 0 Å². The number of aliphatic hydroxyl groups excluding tert-OH is 1. The zero-order valence-corrected chi connectivity index (χ0v) is 17.3. The Labute approximate surface area is 170 Å². The maximum absolute atomic E-state index is 12.9. The minimum atomic E-state index is -1.13. The van der Waals surface area contributed by atoms with Gasteiger partial charge >= 0.3 is 12.2 Å². The van der Waals surface area contributed by atoms with Gasteiger partial charge in [0.25, 0.3) is 0 Å². The van der Waals surface area contributed by atoms with Crippen molar-refractivity contribution < 1.29 is 29.0 Å². The van der Waals surface area contributed by atoms with Crippen molar-refractivity contribution in [3.8, 4) is 0 Å². The zero-order valence-electron chi connectivity index (χ0n) is 17.3. The lowest BCUT2D eigenvalue weighted by Crippen LogP contribution is -2.58. The molecule has 2 N–H and O–H groups in total. The van der Waals surface area contributed by atoms with E-state index in [2.05, 4.69) is 5.32 Å². The summed E-state index contributed by atoms with van der Waals surface area (Å²) < 4.78 is 10.0. The Morgan fingerprint density at radius 3 is 2.41 bits per heavy atom. The second-order valence-corrected chi connectivity index (χ2v) is 7.76. The molecule has 160 valence electrons. The standard InChI is InChI=1S/C20H29N3O6/c1-20(2,3)29-18(26)21-15(13-24)17(25)22-10-11-23(19(27)28-4)16(12-22)14-8-6-5-7-9-14/h5-9,15-16,24H,10-13H2,1-4H3,(H,21,26)/t15-,16?/m0/s1. The zero-order chi connectivity index (χ0) is 21.6. The largest absolute Gasteiger partial charge is 0.453 e. The molecule has 0 aromatic heterocycles. The van der Waals surface area contributed by atoms with Crippen molar-refractivity contribution in [1.82, 2.24) is 15.1 Å². The van der Waals surface area contributed by atoms with Gasteiger partial charge < -0.3 is 24.8 Å². The highest BCUT2D eigenvalue weighted by Crippen LogP contribution is 2.26. The van der Waals surface area contributed by atoms with Crippen molar-refractivity contribution in [2.24, 2.45) is 0 Å². The maximum Gasteiger partial charge on any atom is 0.410 e. The quantitative estimate of drug-likeness (QED) is 0.784. The van der Waals surface area contributed by atoms with E-state index in [0.29, 0.717) is 0 Å². The fourth-order valence-electron chi connectivity index (χ4n) is 3.14. The summed E-state index contributed by atoms with van der Waals surface area (Å²) in [4.78, 5) is 40.2. The second-order valence-electron chi connectivity index (χ2n) is 7.76. The molecule has 0 saturated carbocycles. The monoisotopic (exact) mass is 407 g/mol. The van der Waals surface area contributed by atoms with Gasteiger partial charge in [-0.2, -0.15) is 0 Å². The molecule has 0 bridgehead atoms. The molecule has 2 rings (SSSR count). The molecule has 1 aromatic carbocycles. The molecule has 2 atom stereocenters. The average Bonchev–Trinajstić information content (AvgIpc) is 2.69. The fraction of sp³-hybridized carbons (Fsp3) is 0.550. The number of amides is 3. The van der Waals surface area contributed by atoms with Crippen LogP contribution in [0.3, 0.4) is 0 Å². The van der Waals surface area contributed by atoms with E-state index in [-0.39, 0.29) is 19.6 Å². The summed E-state index contributed by atoms with van der Waals surface area (Å²) >= 11 is 0. The maximum atomic E-state index is 12.9. The van der Waals surface area contributed by atoms with E-state index < -0.39 is 42.4 Å². The number of nitrogens with zero attached hydrogens (tertiary/aromatic N) is 2. The number of aliphatic hydroxyl groups is 1. The number of carbonyl (C=O) groups is 3. The summed E-state index contributed by atoms with van der Waals surface area (Å²) in [5.41, 5.74) is 0.133. The summed E-state index contributed by atoms with van der Waals surface area (Å²) in [5, 5.41) is 12.0. The highest BCUT2D eigenvalue weighted by molar-refractivity contribution is 5.86. The van der Waals surface area contributed by atoms with E-state index in [1.54, 1.807) is 25.7 Å². The first-order valence-corrected chi connectivity index (χ1v) is 9.45. The van der Waals surface area contributed by atoms with E-state index in [9.17, 15) is 19.5 Å². The molecular formula is C20H29N3O6. The highest BCUT2D eigenvalue weighted by Gasteiger charge is 2.36. The minimum absolute atomic E-state index is 0.213. The summed E-state index contributed by atoms with van der Waals surface area (Å²) in [5.74, 6) is -0.441. The first-order chi connectivity index (χ1) is 13.7. The topological polar surface area (TPSA) is 108 Å². The van der Waals surface area contributed by atoms with E-state index >= 15 is 0 Å². The van der Waals surface area contributed by atoms with Crippen molar-refractivity contribution in [1.29, 1.82) is 0 Å². The Morgan fingerprint density at radius 2 is 1.86 bits per heavy atom. The van der Waals surface area contributed by atoms with Crippen LogP contribution in [-0.4, -0.2) is 78.0 Å². The van der Waals surface area contributed by atoms with Crippen molar-refractivity contribution in [2.45, 2.75) is 38.5 Å². The molecule has 9 heteroatoms. The molecule has 1 aliphatic heterocycles. The number of hydrogen-bond acceptors (Lipinski definition) is 6. The van der Waals surface area contributed by atoms with Gasteiger partial charge in [-0.25, -0.2) is 9.59 Å². The fourth-order valence-corrected chi connectivity index (χ4v) is 3.14. The summed E-state index contributed by atoms with van der Waals surface area (Å²) in [7, 11) is 1.31. The molecule has 1 heterocycles. The van der Waals surface area contributed by atoms with E-state index in [4.69, 9.17) is 9.47 Å². The molecule has 1 fully saturated rings. The Morgan fingerprint density at radius 1 is 1.21 bits per heavy atom. The van der Waals surface area contributed by atoms with Gasteiger partial charge in [0.05, 0.1) is 19.8 Å². The lowest BCUT2D eigenvalue weighted by atomic mass is 10.0. The van der Waals surface area contributed by atoms with Crippen molar-refractivity contribution in [2.75, 3.05) is 33.4 Å². The Bertz CT molecular complexity index is 719. The lowest BCUT2D eigenvalue weighted by Gasteiger charge is -2.41. The molecule has 9 nitrogen and oxygen atoms in total. The van der Waals surface area contributed by atoms with Gasteiger partial charge in [0, 0.05) is 19.6 Å². The van der Waals surface area contributed by atoms with Crippen LogP contribution in [0.15, 0.2) is 30.3 Å². The molecule has 0 radical (unpaired) electrons. The van der Waals surface area contributed by atoms with Crippen LogP contribution in [0.4, 0.5) is 9.59 Å². The molecule has 0 spiro atoms. The van der Waals surface area contributed by atoms with Gasteiger partial charge in [0.2, 0.25) is 5.91 Å². The summed E-state index contributed by atoms with van der Waals surface area (Å²) in [6.07, 6.45) is -1.26. The number of rotatable bonds is 4. The Balaban J connectivity index is 2.14. The number of carbonyl (C=O) groups excluding carboxylic acids is 3. The number of benzene rings is 1. The van der Waals surface area contributed by atoms with Crippen LogP contribution >= 0.6 is 0 Å². The van der Waals surface area contributed by atoms with Crippen LogP contribution in [-0.2, 0) is 14.3 Å². The Kier molecular flexibility index (Phi) is 7.44. The van der Waals surface area contributed by atoms with Gasteiger partial charge in [-0.3, -0.25) is 9.69 Å². The third-order valence-corrected chi connectivity index (χ3v) is 4.46. The molecule has 1 saturated heterocycles. The Hall–Kier alpha value is -2.81. The number of piperazine rings is 1. The van der Waals surface area contributed by atoms with E-state index in [1.807, 2.05) is 30.3 Å².